The van der Waals surface area contributed by atoms with E-state index in [2.05, 4.69) is 15.8 Å². The number of hydrogen-bond donors (Lipinski definition) is 2. The number of benzene rings is 2. The Bertz CT molecular complexity index is 766. The summed E-state index contributed by atoms with van der Waals surface area (Å²) in [5, 5.41) is 7.43. The topological polar surface area (TPSA) is 62.7 Å². The number of urea groups is 1. The zero-order valence-electron chi connectivity index (χ0n) is 13.9. The first-order chi connectivity index (χ1) is 12.0. The number of rotatable bonds is 6. The number of anilines is 1. The highest BCUT2D eigenvalue weighted by Gasteiger charge is 2.06. The van der Waals surface area contributed by atoms with Crippen LogP contribution in [0.25, 0.3) is 0 Å². The molecule has 5 nitrogen and oxygen atoms in total. The van der Waals surface area contributed by atoms with Gasteiger partial charge in [-0.25, -0.2) is 10.2 Å². The summed E-state index contributed by atoms with van der Waals surface area (Å²) >= 11 is 12.2. The van der Waals surface area contributed by atoms with E-state index in [1.165, 1.54) is 6.21 Å². The second-order valence-corrected chi connectivity index (χ2v) is 6.14. The summed E-state index contributed by atoms with van der Waals surface area (Å²) < 4.78 is 5.70. The Morgan fingerprint density at radius 2 is 2.00 bits per heavy atom. The summed E-state index contributed by atoms with van der Waals surface area (Å²) in [6.07, 6.45) is 2.47. The molecule has 0 aliphatic heterocycles. The van der Waals surface area contributed by atoms with Crippen LogP contribution in [0.15, 0.2) is 47.6 Å². The number of para-hydroxylation sites is 1. The second kappa shape index (κ2) is 9.30. The van der Waals surface area contributed by atoms with E-state index < -0.39 is 6.03 Å². The normalized spacial score (nSPS) is 12.0. The van der Waals surface area contributed by atoms with E-state index in [0.29, 0.717) is 21.5 Å². The van der Waals surface area contributed by atoms with Crippen molar-refractivity contribution >= 4 is 41.1 Å². The molecule has 0 unspecified atom stereocenters. The molecule has 132 valence electrons. The molecule has 25 heavy (non-hydrogen) atoms. The van der Waals surface area contributed by atoms with Crippen molar-refractivity contribution in [2.75, 3.05) is 5.32 Å². The smallest absolute Gasteiger partial charge is 0.339 e. The minimum absolute atomic E-state index is 0.0900. The highest BCUT2D eigenvalue weighted by Crippen LogP contribution is 2.26. The fourth-order valence-corrected chi connectivity index (χ4v) is 2.29. The molecule has 0 fully saturated rings. The lowest BCUT2D eigenvalue weighted by molar-refractivity contribution is 0.217. The lowest BCUT2D eigenvalue weighted by Gasteiger charge is -2.13. The third-order valence-corrected chi connectivity index (χ3v) is 3.99. The molecule has 2 rings (SSSR count). The lowest BCUT2D eigenvalue weighted by Crippen LogP contribution is -2.24. The van der Waals surface area contributed by atoms with Gasteiger partial charge in [-0.2, -0.15) is 5.10 Å². The summed E-state index contributed by atoms with van der Waals surface area (Å²) in [5.74, 6) is 0.623. The molecule has 0 saturated carbocycles. The second-order valence-electron chi connectivity index (χ2n) is 5.33. The van der Waals surface area contributed by atoms with Gasteiger partial charge in [0.15, 0.2) is 0 Å². The molecule has 7 heteroatoms. The third kappa shape index (κ3) is 5.96. The molecular weight excluding hydrogens is 361 g/mol. The van der Waals surface area contributed by atoms with Gasteiger partial charge < -0.3 is 10.1 Å². The van der Waals surface area contributed by atoms with Gasteiger partial charge in [-0.1, -0.05) is 42.3 Å². The Balaban J connectivity index is 1.92. The molecule has 1 atom stereocenters. The SMILES string of the molecule is CC[C@H](C)Oc1ccc(/C=N/NC(=O)Nc2ccccc2Cl)cc1Cl. The lowest BCUT2D eigenvalue weighted by atomic mass is 10.2. The molecule has 2 aromatic rings. The van der Waals surface area contributed by atoms with E-state index in [1.807, 2.05) is 13.8 Å². The van der Waals surface area contributed by atoms with Crippen molar-refractivity contribution in [2.24, 2.45) is 5.10 Å². The van der Waals surface area contributed by atoms with Crippen molar-refractivity contribution in [2.45, 2.75) is 26.4 Å². The highest BCUT2D eigenvalue weighted by atomic mass is 35.5. The molecule has 0 heterocycles. The van der Waals surface area contributed by atoms with Crippen molar-refractivity contribution in [1.29, 1.82) is 0 Å². The van der Waals surface area contributed by atoms with Crippen LogP contribution < -0.4 is 15.5 Å². The Hall–Kier alpha value is -2.24. The minimum atomic E-state index is -0.493. The van der Waals surface area contributed by atoms with Gasteiger partial charge in [0.1, 0.15) is 5.75 Å². The van der Waals surface area contributed by atoms with Crippen LogP contribution in [0.1, 0.15) is 25.8 Å². The maximum absolute atomic E-state index is 11.8. The molecule has 2 aromatic carbocycles. The number of nitrogens with one attached hydrogen (secondary N) is 2. The van der Waals surface area contributed by atoms with E-state index in [1.54, 1.807) is 42.5 Å². The van der Waals surface area contributed by atoms with E-state index in [9.17, 15) is 4.79 Å². The maximum atomic E-state index is 11.8. The number of carbonyl (C=O) groups is 1. The van der Waals surface area contributed by atoms with Gasteiger partial charge in [0.05, 0.1) is 28.1 Å². The predicted octanol–water partition coefficient (Wildman–Crippen LogP) is 5.33. The van der Waals surface area contributed by atoms with Crippen LogP contribution in [-0.2, 0) is 0 Å². The first-order valence-corrected chi connectivity index (χ1v) is 8.56. The molecular formula is C18H19Cl2N3O2. The molecule has 0 aromatic heterocycles. The molecule has 0 radical (unpaired) electrons. The summed E-state index contributed by atoms with van der Waals surface area (Å²) in [4.78, 5) is 11.8. The standard InChI is InChI=1S/C18H19Cl2N3O2/c1-3-12(2)25-17-9-8-13(10-15(17)20)11-21-23-18(24)22-16-7-5-4-6-14(16)19/h4-12H,3H2,1-2H3,(H2,22,23,24)/b21-11+/t12-/m0/s1. The van der Waals surface area contributed by atoms with Crippen molar-refractivity contribution in [3.8, 4) is 5.75 Å². The van der Waals surface area contributed by atoms with Crippen LogP contribution in [0.4, 0.5) is 10.5 Å². The molecule has 0 saturated heterocycles. The Labute approximate surface area is 157 Å². The fraction of sp³-hybridized carbons (Fsp3) is 0.222. The zero-order valence-corrected chi connectivity index (χ0v) is 15.4. The summed E-state index contributed by atoms with van der Waals surface area (Å²) in [6, 6.07) is 11.7. The van der Waals surface area contributed by atoms with Gasteiger partial charge >= 0.3 is 6.03 Å². The monoisotopic (exact) mass is 379 g/mol. The van der Waals surface area contributed by atoms with Crippen LogP contribution in [-0.4, -0.2) is 18.3 Å². The molecule has 2 amide bonds. The Morgan fingerprint density at radius 3 is 2.68 bits per heavy atom. The van der Waals surface area contributed by atoms with Crippen LogP contribution in [0.5, 0.6) is 5.75 Å². The van der Waals surface area contributed by atoms with Gasteiger partial charge in [0, 0.05) is 0 Å². The molecule has 2 N–H and O–H groups in total. The summed E-state index contributed by atoms with van der Waals surface area (Å²) in [5.41, 5.74) is 3.61. The van der Waals surface area contributed by atoms with Gasteiger partial charge in [-0.3, -0.25) is 0 Å². The van der Waals surface area contributed by atoms with Gasteiger partial charge in [-0.15, -0.1) is 0 Å². The average molecular weight is 380 g/mol. The van der Waals surface area contributed by atoms with Crippen LogP contribution >= 0.6 is 23.2 Å². The number of amides is 2. The van der Waals surface area contributed by atoms with Crippen LogP contribution in [0.2, 0.25) is 10.0 Å². The molecule has 0 bridgehead atoms. The number of ether oxygens (including phenoxy) is 1. The molecule has 0 aliphatic rings. The first kappa shape index (κ1) is 19.1. The fourth-order valence-electron chi connectivity index (χ4n) is 1.87. The number of nitrogens with zero attached hydrogens (tertiary/aromatic N) is 1. The van der Waals surface area contributed by atoms with E-state index >= 15 is 0 Å². The van der Waals surface area contributed by atoms with E-state index in [0.717, 1.165) is 12.0 Å². The Kier molecular flexibility index (Phi) is 7.10. The van der Waals surface area contributed by atoms with Gasteiger partial charge in [0.25, 0.3) is 0 Å². The van der Waals surface area contributed by atoms with Crippen molar-refractivity contribution in [3.05, 3.63) is 58.1 Å². The zero-order chi connectivity index (χ0) is 18.2. The van der Waals surface area contributed by atoms with Crippen molar-refractivity contribution in [3.63, 3.8) is 0 Å². The molecule has 0 spiro atoms. The van der Waals surface area contributed by atoms with Crippen molar-refractivity contribution < 1.29 is 9.53 Å². The summed E-state index contributed by atoms with van der Waals surface area (Å²) in [7, 11) is 0. The number of halogens is 2. The predicted molar refractivity (Wildman–Crippen MR) is 103 cm³/mol. The first-order valence-electron chi connectivity index (χ1n) is 7.80. The molecule has 0 aliphatic carbocycles. The van der Waals surface area contributed by atoms with Crippen LogP contribution in [0, 0.1) is 0 Å². The third-order valence-electron chi connectivity index (χ3n) is 3.36. The number of hydrazone groups is 1. The number of hydrogen-bond acceptors (Lipinski definition) is 3. The quantitative estimate of drug-likeness (QED) is 0.526. The average Bonchev–Trinajstić information content (AvgIpc) is 2.59. The summed E-state index contributed by atoms with van der Waals surface area (Å²) in [6.45, 7) is 4.02. The largest absolute Gasteiger partial charge is 0.489 e. The Morgan fingerprint density at radius 1 is 1.24 bits per heavy atom. The highest BCUT2D eigenvalue weighted by molar-refractivity contribution is 6.33. The minimum Gasteiger partial charge on any atom is -0.489 e. The van der Waals surface area contributed by atoms with E-state index in [-0.39, 0.29) is 6.10 Å². The van der Waals surface area contributed by atoms with Crippen molar-refractivity contribution in [1.82, 2.24) is 5.43 Å². The van der Waals surface area contributed by atoms with E-state index in [4.69, 9.17) is 27.9 Å². The van der Waals surface area contributed by atoms with Gasteiger partial charge in [-0.05, 0) is 49.2 Å². The number of carbonyl (C=O) groups excluding carboxylic acids is 1. The maximum Gasteiger partial charge on any atom is 0.339 e. The van der Waals surface area contributed by atoms with Gasteiger partial charge in [0.2, 0.25) is 0 Å². The van der Waals surface area contributed by atoms with Crippen LogP contribution in [0.3, 0.4) is 0 Å².